The molecule has 2 unspecified atom stereocenters. The minimum atomic E-state index is 0.183. The zero-order valence-electron chi connectivity index (χ0n) is 11.3. The van der Waals surface area contributed by atoms with Gasteiger partial charge < -0.3 is 0 Å². The van der Waals surface area contributed by atoms with Crippen molar-refractivity contribution < 1.29 is 4.79 Å². The van der Waals surface area contributed by atoms with Gasteiger partial charge in [-0.25, -0.2) is 0 Å². The van der Waals surface area contributed by atoms with Crippen LogP contribution in [0.2, 0.25) is 0 Å². The summed E-state index contributed by atoms with van der Waals surface area (Å²) in [5.41, 5.74) is 0.667. The summed E-state index contributed by atoms with van der Waals surface area (Å²) in [6.45, 7) is 5.42. The van der Waals surface area contributed by atoms with Crippen molar-refractivity contribution in [1.29, 1.82) is 0 Å². The van der Waals surface area contributed by atoms with E-state index in [1.54, 1.807) is 0 Å². The van der Waals surface area contributed by atoms with E-state index in [0.717, 1.165) is 6.42 Å². The van der Waals surface area contributed by atoms with Crippen LogP contribution in [0.15, 0.2) is 0 Å². The molecule has 3 aliphatic heterocycles. The fourth-order valence-corrected chi connectivity index (χ4v) is 5.18. The summed E-state index contributed by atoms with van der Waals surface area (Å²) in [5.74, 6) is 0.725. The Hall–Kier alpha value is -0.370. The molecule has 0 aromatic heterocycles. The highest BCUT2D eigenvalue weighted by molar-refractivity contribution is 5.80. The second kappa shape index (κ2) is 3.81. The molecule has 17 heavy (non-hydrogen) atoms. The van der Waals surface area contributed by atoms with Crippen LogP contribution in [0, 0.1) is 5.92 Å². The molecule has 3 fully saturated rings. The fraction of sp³-hybridized carbons (Fsp3) is 0.933. The lowest BCUT2D eigenvalue weighted by Gasteiger charge is -2.65. The molecule has 0 N–H and O–H groups in total. The van der Waals surface area contributed by atoms with Crippen molar-refractivity contribution in [3.63, 3.8) is 0 Å². The molecule has 0 aliphatic carbocycles. The molecular formula is C15H25NO. The molecule has 3 saturated heterocycles. The number of piperidine rings is 3. The lowest BCUT2D eigenvalue weighted by Crippen LogP contribution is -2.70. The van der Waals surface area contributed by atoms with Crippen LogP contribution in [0.25, 0.3) is 0 Å². The molecule has 3 heterocycles. The van der Waals surface area contributed by atoms with Crippen molar-refractivity contribution in [2.24, 2.45) is 5.92 Å². The van der Waals surface area contributed by atoms with Gasteiger partial charge in [0.2, 0.25) is 0 Å². The summed E-state index contributed by atoms with van der Waals surface area (Å²) in [7, 11) is 0. The van der Waals surface area contributed by atoms with E-state index in [2.05, 4.69) is 11.8 Å². The van der Waals surface area contributed by atoms with Crippen molar-refractivity contribution >= 4 is 5.78 Å². The maximum Gasteiger partial charge on any atom is 0.134 e. The van der Waals surface area contributed by atoms with Crippen LogP contribution < -0.4 is 0 Å². The Balaban J connectivity index is 1.98. The lowest BCUT2D eigenvalue weighted by atomic mass is 9.60. The van der Waals surface area contributed by atoms with Crippen molar-refractivity contribution in [3.05, 3.63) is 0 Å². The Kier molecular flexibility index (Phi) is 2.62. The minimum Gasteiger partial charge on any atom is -0.300 e. The molecule has 2 heteroatoms. The van der Waals surface area contributed by atoms with Gasteiger partial charge in [0.1, 0.15) is 5.78 Å². The van der Waals surface area contributed by atoms with Crippen molar-refractivity contribution in [2.45, 2.75) is 76.3 Å². The van der Waals surface area contributed by atoms with E-state index < -0.39 is 0 Å². The Morgan fingerprint density at radius 3 is 2.65 bits per heavy atom. The third-order valence-electron chi connectivity index (χ3n) is 5.93. The molecule has 0 aromatic rings. The van der Waals surface area contributed by atoms with Gasteiger partial charge >= 0.3 is 0 Å². The summed E-state index contributed by atoms with van der Waals surface area (Å²) in [5, 5.41) is 0. The maximum atomic E-state index is 11.9. The summed E-state index contributed by atoms with van der Waals surface area (Å²) >= 11 is 0. The third kappa shape index (κ3) is 1.53. The average Bonchev–Trinajstić information content (AvgIpc) is 2.28. The Labute approximate surface area is 105 Å². The van der Waals surface area contributed by atoms with Gasteiger partial charge in [-0.05, 0) is 65.3 Å². The van der Waals surface area contributed by atoms with E-state index in [1.807, 2.05) is 6.92 Å². The number of carbonyl (C=O) groups excluding carboxylic acids is 1. The van der Waals surface area contributed by atoms with Gasteiger partial charge in [-0.3, -0.25) is 9.69 Å². The van der Waals surface area contributed by atoms with Gasteiger partial charge in [-0.1, -0.05) is 6.42 Å². The van der Waals surface area contributed by atoms with Crippen LogP contribution in [0.1, 0.15) is 65.2 Å². The average molecular weight is 235 g/mol. The third-order valence-corrected chi connectivity index (χ3v) is 5.93. The van der Waals surface area contributed by atoms with Crippen LogP contribution in [-0.4, -0.2) is 28.3 Å². The predicted octanol–water partition coefficient (Wildman–Crippen LogP) is 3.15. The zero-order valence-corrected chi connectivity index (χ0v) is 11.3. The van der Waals surface area contributed by atoms with Crippen LogP contribution in [0.3, 0.4) is 0 Å². The van der Waals surface area contributed by atoms with Crippen molar-refractivity contribution in [2.75, 3.05) is 6.54 Å². The van der Waals surface area contributed by atoms with E-state index in [-0.39, 0.29) is 5.54 Å². The second-order valence-electron chi connectivity index (χ2n) is 6.75. The van der Waals surface area contributed by atoms with E-state index in [1.165, 1.54) is 51.5 Å². The first-order chi connectivity index (χ1) is 8.08. The van der Waals surface area contributed by atoms with Crippen LogP contribution >= 0.6 is 0 Å². The monoisotopic (exact) mass is 235 g/mol. The normalized spacial score (nSPS) is 46.4. The summed E-state index contributed by atoms with van der Waals surface area (Å²) in [4.78, 5) is 14.7. The molecule has 0 radical (unpaired) electrons. The number of nitrogens with zero attached hydrogens (tertiary/aromatic N) is 1. The molecule has 0 saturated carbocycles. The molecule has 2 nitrogen and oxygen atoms in total. The maximum absolute atomic E-state index is 11.9. The van der Waals surface area contributed by atoms with Crippen molar-refractivity contribution in [1.82, 2.24) is 4.90 Å². The molecule has 3 rings (SSSR count). The molecule has 96 valence electrons. The summed E-state index contributed by atoms with van der Waals surface area (Å²) < 4.78 is 0. The number of ketones is 1. The van der Waals surface area contributed by atoms with Gasteiger partial charge in [-0.15, -0.1) is 0 Å². The van der Waals surface area contributed by atoms with Gasteiger partial charge in [0.15, 0.2) is 0 Å². The smallest absolute Gasteiger partial charge is 0.134 e. The zero-order chi connectivity index (χ0) is 12.1. The molecule has 3 atom stereocenters. The summed E-state index contributed by atoms with van der Waals surface area (Å²) in [6, 6.07) is 0. The summed E-state index contributed by atoms with van der Waals surface area (Å²) in [6.07, 6.45) is 10.5. The standard InChI is InChI=1S/C15H25NO/c1-12(17)13-6-10-15-8-3-4-11-16(15)14(13,2)7-5-9-15/h13H,3-11H2,1-2H3/t13?,14-,15?/m0/s1. The van der Waals surface area contributed by atoms with Crippen LogP contribution in [0.5, 0.6) is 0 Å². The van der Waals surface area contributed by atoms with Gasteiger partial charge in [0.05, 0.1) is 0 Å². The molecule has 0 aromatic carbocycles. The molecule has 2 bridgehead atoms. The number of carbonyl (C=O) groups is 1. The Bertz CT molecular complexity index is 336. The molecule has 0 spiro atoms. The molecular weight excluding hydrogens is 210 g/mol. The highest BCUT2D eigenvalue weighted by atomic mass is 16.1. The van der Waals surface area contributed by atoms with Gasteiger partial charge in [0, 0.05) is 17.0 Å². The van der Waals surface area contributed by atoms with Crippen molar-refractivity contribution in [3.8, 4) is 0 Å². The first-order valence-corrected chi connectivity index (χ1v) is 7.37. The first-order valence-electron chi connectivity index (χ1n) is 7.37. The number of Topliss-reactive ketones (excluding diaryl/α,β-unsaturated/α-hetero) is 1. The van der Waals surface area contributed by atoms with Crippen LogP contribution in [0.4, 0.5) is 0 Å². The number of rotatable bonds is 1. The Morgan fingerprint density at radius 2 is 1.88 bits per heavy atom. The first kappa shape index (κ1) is 11.7. The topological polar surface area (TPSA) is 20.3 Å². The number of hydrogen-bond acceptors (Lipinski definition) is 2. The quantitative estimate of drug-likeness (QED) is 0.696. The molecule has 0 amide bonds. The highest BCUT2D eigenvalue weighted by Gasteiger charge is 2.57. The van der Waals surface area contributed by atoms with Crippen LogP contribution in [-0.2, 0) is 4.79 Å². The Morgan fingerprint density at radius 1 is 1.12 bits per heavy atom. The highest BCUT2D eigenvalue weighted by Crippen LogP contribution is 2.54. The van der Waals surface area contributed by atoms with E-state index in [9.17, 15) is 4.79 Å². The van der Waals surface area contributed by atoms with E-state index in [4.69, 9.17) is 0 Å². The van der Waals surface area contributed by atoms with E-state index >= 15 is 0 Å². The largest absolute Gasteiger partial charge is 0.300 e. The van der Waals surface area contributed by atoms with E-state index in [0.29, 0.717) is 17.2 Å². The lowest BCUT2D eigenvalue weighted by molar-refractivity contribution is -0.157. The second-order valence-corrected chi connectivity index (χ2v) is 6.75. The molecule has 3 aliphatic rings. The fourth-order valence-electron chi connectivity index (χ4n) is 5.18. The van der Waals surface area contributed by atoms with Gasteiger partial charge in [0.25, 0.3) is 0 Å². The SMILES string of the molecule is CC(=O)C1CCC23CCCCN2[C@@]1(C)CCC3. The predicted molar refractivity (Wildman–Crippen MR) is 68.9 cm³/mol. The minimum absolute atomic E-state index is 0.183. The van der Waals surface area contributed by atoms with Gasteiger partial charge in [-0.2, -0.15) is 0 Å². The number of hydrogen-bond donors (Lipinski definition) is 0.